The normalized spacial score (nSPS) is 20.6. The zero-order valence-corrected chi connectivity index (χ0v) is 14.2. The van der Waals surface area contributed by atoms with E-state index in [2.05, 4.69) is 22.5 Å². The molecular weight excluding hydrogens is 314 g/mol. The molecule has 1 aromatic carbocycles. The van der Waals surface area contributed by atoms with E-state index in [1.807, 2.05) is 30.3 Å². The summed E-state index contributed by atoms with van der Waals surface area (Å²) >= 11 is 0. The van der Waals surface area contributed by atoms with Crippen molar-refractivity contribution in [2.75, 3.05) is 19.0 Å². The van der Waals surface area contributed by atoms with Crippen molar-refractivity contribution in [1.29, 1.82) is 0 Å². The molecule has 1 fully saturated rings. The highest BCUT2D eigenvalue weighted by molar-refractivity contribution is 5.95. The summed E-state index contributed by atoms with van der Waals surface area (Å²) in [7, 11) is 1.60. The third-order valence-corrected chi connectivity index (χ3v) is 4.13. The average Bonchev–Trinajstić information content (AvgIpc) is 2.54. The van der Waals surface area contributed by atoms with Crippen LogP contribution in [0.15, 0.2) is 30.3 Å². The molecule has 5 nitrogen and oxygen atoms in total. The lowest BCUT2D eigenvalue weighted by Gasteiger charge is -2.27. The quantitative estimate of drug-likeness (QED) is 0.905. The molecule has 1 aliphatic rings. The maximum absolute atomic E-state index is 12.4. The molecule has 23 heavy (non-hydrogen) atoms. The van der Waals surface area contributed by atoms with E-state index in [0.29, 0.717) is 11.9 Å². The number of rotatable bonds is 3. The second-order valence-electron chi connectivity index (χ2n) is 5.83. The molecule has 2 aromatic rings. The summed E-state index contributed by atoms with van der Waals surface area (Å²) in [5.41, 5.74) is 1.67. The van der Waals surface area contributed by atoms with Crippen LogP contribution in [0.1, 0.15) is 19.8 Å². The number of anilines is 1. The van der Waals surface area contributed by atoms with Crippen molar-refractivity contribution in [2.24, 2.45) is 5.92 Å². The molecule has 1 saturated heterocycles. The average molecular weight is 336 g/mol. The Balaban J connectivity index is 0.00000192. The van der Waals surface area contributed by atoms with Crippen molar-refractivity contribution < 1.29 is 9.53 Å². The van der Waals surface area contributed by atoms with E-state index in [4.69, 9.17) is 4.74 Å². The largest absolute Gasteiger partial charge is 0.481 e. The first-order valence-electron chi connectivity index (χ1n) is 7.65. The first-order chi connectivity index (χ1) is 10.7. The molecule has 6 heteroatoms. The summed E-state index contributed by atoms with van der Waals surface area (Å²) in [6.45, 7) is 3.02. The standard InChI is InChI=1S/C17H21N3O2.ClH/c1-11-9-13(7-8-18-11)17(21)19-14-4-5-15-12(10-14)3-6-16(20-15)22-2;/h3-6,10-11,13,18H,7-9H2,1-2H3,(H,19,21);1H/t11-,13-;/m0./s1. The number of ether oxygens (including phenoxy) is 1. The molecule has 0 radical (unpaired) electrons. The van der Waals surface area contributed by atoms with Crippen LogP contribution in [0, 0.1) is 5.92 Å². The van der Waals surface area contributed by atoms with Crippen molar-refractivity contribution in [3.05, 3.63) is 30.3 Å². The molecule has 0 bridgehead atoms. The number of halogens is 1. The number of benzene rings is 1. The van der Waals surface area contributed by atoms with Crippen LogP contribution in [-0.2, 0) is 4.79 Å². The summed E-state index contributed by atoms with van der Waals surface area (Å²) in [6.07, 6.45) is 1.78. The molecule has 1 aromatic heterocycles. The number of hydrogen-bond donors (Lipinski definition) is 2. The Morgan fingerprint density at radius 3 is 2.91 bits per heavy atom. The van der Waals surface area contributed by atoms with Gasteiger partial charge in [-0.25, -0.2) is 4.98 Å². The van der Waals surface area contributed by atoms with Gasteiger partial charge in [0, 0.05) is 29.1 Å². The smallest absolute Gasteiger partial charge is 0.227 e. The van der Waals surface area contributed by atoms with E-state index in [9.17, 15) is 4.79 Å². The van der Waals surface area contributed by atoms with Gasteiger partial charge in [0.15, 0.2) is 0 Å². The second-order valence-corrected chi connectivity index (χ2v) is 5.83. The fraction of sp³-hybridized carbons (Fsp3) is 0.412. The van der Waals surface area contributed by atoms with E-state index in [-0.39, 0.29) is 24.2 Å². The fourth-order valence-corrected chi connectivity index (χ4v) is 2.91. The number of fused-ring (bicyclic) bond motifs is 1. The molecule has 1 aliphatic heterocycles. The summed E-state index contributed by atoms with van der Waals surface area (Å²) < 4.78 is 5.12. The van der Waals surface area contributed by atoms with E-state index in [0.717, 1.165) is 36.0 Å². The molecule has 0 aliphatic carbocycles. The Labute approximate surface area is 142 Å². The maximum Gasteiger partial charge on any atom is 0.227 e. The predicted molar refractivity (Wildman–Crippen MR) is 94.4 cm³/mol. The molecule has 2 heterocycles. The van der Waals surface area contributed by atoms with Crippen molar-refractivity contribution in [2.45, 2.75) is 25.8 Å². The van der Waals surface area contributed by atoms with Gasteiger partial charge in [0.25, 0.3) is 0 Å². The highest BCUT2D eigenvalue weighted by Gasteiger charge is 2.24. The summed E-state index contributed by atoms with van der Waals surface area (Å²) in [5, 5.41) is 7.38. The number of pyridine rings is 1. The van der Waals surface area contributed by atoms with Gasteiger partial charge in [-0.05, 0) is 50.6 Å². The Morgan fingerprint density at radius 2 is 2.17 bits per heavy atom. The van der Waals surface area contributed by atoms with Crippen molar-refractivity contribution in [3.63, 3.8) is 0 Å². The fourth-order valence-electron chi connectivity index (χ4n) is 2.91. The van der Waals surface area contributed by atoms with Crippen LogP contribution in [0.2, 0.25) is 0 Å². The van der Waals surface area contributed by atoms with Crippen molar-refractivity contribution in [3.8, 4) is 5.88 Å². The molecule has 124 valence electrons. The zero-order valence-electron chi connectivity index (χ0n) is 13.3. The number of carbonyl (C=O) groups is 1. The Hall–Kier alpha value is -1.85. The lowest BCUT2D eigenvalue weighted by atomic mass is 9.92. The molecule has 0 unspecified atom stereocenters. The SMILES string of the molecule is COc1ccc2cc(NC(=O)[C@H]3CCN[C@@H](C)C3)ccc2n1.Cl. The van der Waals surface area contributed by atoms with Gasteiger partial charge in [-0.3, -0.25) is 4.79 Å². The number of nitrogens with one attached hydrogen (secondary N) is 2. The molecule has 2 N–H and O–H groups in total. The molecule has 0 spiro atoms. The highest BCUT2D eigenvalue weighted by Crippen LogP contribution is 2.22. The van der Waals surface area contributed by atoms with Crippen molar-refractivity contribution in [1.82, 2.24) is 10.3 Å². The van der Waals surface area contributed by atoms with E-state index in [1.54, 1.807) is 7.11 Å². The van der Waals surface area contributed by atoms with Crippen molar-refractivity contribution >= 4 is 34.9 Å². The third-order valence-electron chi connectivity index (χ3n) is 4.13. The predicted octanol–water partition coefficient (Wildman–Crippen LogP) is 2.99. The highest BCUT2D eigenvalue weighted by atomic mass is 35.5. The molecule has 3 rings (SSSR count). The Morgan fingerprint density at radius 1 is 1.35 bits per heavy atom. The van der Waals surface area contributed by atoms with Gasteiger partial charge >= 0.3 is 0 Å². The monoisotopic (exact) mass is 335 g/mol. The number of nitrogens with zero attached hydrogens (tertiary/aromatic N) is 1. The van der Waals surface area contributed by atoms with Gasteiger partial charge in [-0.1, -0.05) is 0 Å². The van der Waals surface area contributed by atoms with Gasteiger partial charge in [0.2, 0.25) is 11.8 Å². The summed E-state index contributed by atoms with van der Waals surface area (Å²) in [4.78, 5) is 16.7. The topological polar surface area (TPSA) is 63.2 Å². The van der Waals surface area contributed by atoms with Crippen LogP contribution < -0.4 is 15.4 Å². The van der Waals surface area contributed by atoms with E-state index < -0.39 is 0 Å². The number of piperidine rings is 1. The number of carbonyl (C=O) groups excluding carboxylic acids is 1. The molecular formula is C17H22ClN3O2. The molecule has 1 amide bonds. The van der Waals surface area contributed by atoms with Crippen LogP contribution in [0.4, 0.5) is 5.69 Å². The number of amides is 1. The van der Waals surface area contributed by atoms with Crippen LogP contribution >= 0.6 is 12.4 Å². The lowest BCUT2D eigenvalue weighted by molar-refractivity contribution is -0.120. The minimum atomic E-state index is 0. The van der Waals surface area contributed by atoms with E-state index >= 15 is 0 Å². The number of aromatic nitrogens is 1. The van der Waals surface area contributed by atoms with Gasteiger partial charge in [-0.2, -0.15) is 0 Å². The molecule has 0 saturated carbocycles. The minimum absolute atomic E-state index is 0. The van der Waals surface area contributed by atoms with Crippen LogP contribution in [0.3, 0.4) is 0 Å². The first-order valence-corrected chi connectivity index (χ1v) is 7.65. The number of methoxy groups -OCH3 is 1. The lowest BCUT2D eigenvalue weighted by Crippen LogP contribution is -2.40. The van der Waals surface area contributed by atoms with Crippen LogP contribution in [0.5, 0.6) is 5.88 Å². The van der Waals surface area contributed by atoms with Gasteiger partial charge in [0.1, 0.15) is 0 Å². The Bertz CT molecular complexity index is 693. The second kappa shape index (κ2) is 7.62. The van der Waals surface area contributed by atoms with Crippen LogP contribution in [0.25, 0.3) is 10.9 Å². The summed E-state index contributed by atoms with van der Waals surface area (Å²) in [6, 6.07) is 9.91. The van der Waals surface area contributed by atoms with E-state index in [1.165, 1.54) is 0 Å². The minimum Gasteiger partial charge on any atom is -0.481 e. The molecule has 2 atom stereocenters. The van der Waals surface area contributed by atoms with Gasteiger partial charge in [0.05, 0.1) is 12.6 Å². The summed E-state index contributed by atoms with van der Waals surface area (Å²) in [5.74, 6) is 0.781. The maximum atomic E-state index is 12.4. The van der Waals surface area contributed by atoms with Crippen LogP contribution in [-0.4, -0.2) is 30.6 Å². The van der Waals surface area contributed by atoms with Gasteiger partial charge in [-0.15, -0.1) is 12.4 Å². The Kier molecular flexibility index (Phi) is 5.80. The number of hydrogen-bond acceptors (Lipinski definition) is 4. The van der Waals surface area contributed by atoms with Gasteiger partial charge < -0.3 is 15.4 Å². The zero-order chi connectivity index (χ0) is 15.5. The third kappa shape index (κ3) is 4.12. The first kappa shape index (κ1) is 17.5.